The highest BCUT2D eigenvalue weighted by Crippen LogP contribution is 2.43. The maximum atomic E-state index is 6.11. The lowest BCUT2D eigenvalue weighted by Gasteiger charge is -2.50. The Morgan fingerprint density at radius 3 is 2.65 bits per heavy atom. The van der Waals surface area contributed by atoms with E-state index in [1.807, 2.05) is 0 Å². The number of nitrogens with zero attached hydrogens (tertiary/aromatic N) is 1. The van der Waals surface area contributed by atoms with Crippen LogP contribution in [0.4, 0.5) is 0 Å². The standard InChI is InChI=1S/C17H32N2O/c1-2-11-19(14-15-4-9-18-10-5-15)16-6-12-20-17(13-16)7-3-8-17/h15-16,18H,2-14H2,1H3. The van der Waals surface area contributed by atoms with E-state index in [0.29, 0.717) is 5.60 Å². The first-order valence-corrected chi connectivity index (χ1v) is 8.90. The lowest BCUT2D eigenvalue weighted by molar-refractivity contribution is -0.149. The molecule has 3 aliphatic rings. The molecule has 1 aliphatic carbocycles. The van der Waals surface area contributed by atoms with Crippen molar-refractivity contribution in [3.63, 3.8) is 0 Å². The van der Waals surface area contributed by atoms with Crippen molar-refractivity contribution >= 4 is 0 Å². The molecule has 3 nitrogen and oxygen atoms in total. The van der Waals surface area contributed by atoms with E-state index in [-0.39, 0.29) is 0 Å². The molecule has 20 heavy (non-hydrogen) atoms. The molecule has 116 valence electrons. The van der Waals surface area contributed by atoms with Crippen LogP contribution in [-0.2, 0) is 4.74 Å². The summed E-state index contributed by atoms with van der Waals surface area (Å²) in [6, 6.07) is 0.791. The Kier molecular flexibility index (Phi) is 5.00. The second-order valence-electron chi connectivity index (χ2n) is 7.22. The van der Waals surface area contributed by atoms with Gasteiger partial charge in [0.15, 0.2) is 0 Å². The van der Waals surface area contributed by atoms with Gasteiger partial charge in [0.25, 0.3) is 0 Å². The van der Waals surface area contributed by atoms with E-state index in [9.17, 15) is 0 Å². The van der Waals surface area contributed by atoms with Gasteiger partial charge in [-0.3, -0.25) is 4.90 Å². The highest BCUT2D eigenvalue weighted by Gasteiger charge is 2.43. The van der Waals surface area contributed by atoms with Crippen LogP contribution in [0.5, 0.6) is 0 Å². The van der Waals surface area contributed by atoms with Gasteiger partial charge in [0.2, 0.25) is 0 Å². The average Bonchev–Trinajstić information content (AvgIpc) is 2.46. The third kappa shape index (κ3) is 3.37. The van der Waals surface area contributed by atoms with E-state index in [1.54, 1.807) is 0 Å². The van der Waals surface area contributed by atoms with E-state index >= 15 is 0 Å². The molecule has 3 heteroatoms. The summed E-state index contributed by atoms with van der Waals surface area (Å²) in [6.45, 7) is 8.39. The van der Waals surface area contributed by atoms with Crippen LogP contribution in [0.1, 0.15) is 58.3 Å². The zero-order valence-corrected chi connectivity index (χ0v) is 13.2. The molecule has 3 fully saturated rings. The molecule has 1 N–H and O–H groups in total. The lowest BCUT2D eigenvalue weighted by atomic mass is 9.73. The summed E-state index contributed by atoms with van der Waals surface area (Å²) >= 11 is 0. The maximum Gasteiger partial charge on any atom is 0.0697 e. The summed E-state index contributed by atoms with van der Waals surface area (Å²) in [5, 5.41) is 3.49. The van der Waals surface area contributed by atoms with Crippen molar-refractivity contribution < 1.29 is 4.74 Å². The van der Waals surface area contributed by atoms with Crippen LogP contribution < -0.4 is 5.32 Å². The summed E-state index contributed by atoms with van der Waals surface area (Å²) in [5.41, 5.74) is 0.295. The lowest BCUT2D eigenvalue weighted by Crippen LogP contribution is -2.53. The van der Waals surface area contributed by atoms with E-state index < -0.39 is 0 Å². The third-order valence-corrected chi connectivity index (χ3v) is 5.71. The van der Waals surface area contributed by atoms with Crippen LogP contribution in [0.25, 0.3) is 0 Å². The fourth-order valence-corrected chi connectivity index (χ4v) is 4.34. The van der Waals surface area contributed by atoms with Crippen molar-refractivity contribution in [2.24, 2.45) is 5.92 Å². The van der Waals surface area contributed by atoms with Crippen molar-refractivity contribution in [1.82, 2.24) is 10.2 Å². The van der Waals surface area contributed by atoms with Crippen LogP contribution in [-0.4, -0.2) is 49.3 Å². The normalized spacial score (nSPS) is 30.6. The summed E-state index contributed by atoms with van der Waals surface area (Å²) in [7, 11) is 0. The minimum absolute atomic E-state index is 0.295. The second-order valence-corrected chi connectivity index (χ2v) is 7.22. The summed E-state index contributed by atoms with van der Waals surface area (Å²) in [6.07, 6.45) is 10.6. The van der Waals surface area contributed by atoms with Gasteiger partial charge in [-0.15, -0.1) is 0 Å². The topological polar surface area (TPSA) is 24.5 Å². The summed E-state index contributed by atoms with van der Waals surface area (Å²) < 4.78 is 6.11. The van der Waals surface area contributed by atoms with Crippen molar-refractivity contribution in [3.05, 3.63) is 0 Å². The Morgan fingerprint density at radius 1 is 1.20 bits per heavy atom. The second kappa shape index (κ2) is 6.76. The van der Waals surface area contributed by atoms with E-state index in [0.717, 1.165) is 18.6 Å². The van der Waals surface area contributed by atoms with Crippen LogP contribution in [0.15, 0.2) is 0 Å². The van der Waals surface area contributed by atoms with Gasteiger partial charge in [-0.05, 0) is 76.9 Å². The zero-order chi connectivity index (χ0) is 13.8. The minimum atomic E-state index is 0.295. The zero-order valence-electron chi connectivity index (χ0n) is 13.2. The predicted octanol–water partition coefficient (Wildman–Crippen LogP) is 2.80. The summed E-state index contributed by atoms with van der Waals surface area (Å²) in [4.78, 5) is 2.82. The number of ether oxygens (including phenoxy) is 1. The van der Waals surface area contributed by atoms with Gasteiger partial charge < -0.3 is 10.1 Å². The monoisotopic (exact) mass is 280 g/mol. The first-order chi connectivity index (χ1) is 9.81. The maximum absolute atomic E-state index is 6.11. The smallest absolute Gasteiger partial charge is 0.0697 e. The van der Waals surface area contributed by atoms with E-state index in [4.69, 9.17) is 4.74 Å². The molecule has 0 radical (unpaired) electrons. The highest BCUT2D eigenvalue weighted by molar-refractivity contribution is 4.97. The Morgan fingerprint density at radius 2 is 2.00 bits per heavy atom. The molecule has 1 spiro atoms. The van der Waals surface area contributed by atoms with Gasteiger partial charge >= 0.3 is 0 Å². The van der Waals surface area contributed by atoms with Crippen molar-refractivity contribution in [1.29, 1.82) is 0 Å². The van der Waals surface area contributed by atoms with Gasteiger partial charge in [-0.1, -0.05) is 6.92 Å². The van der Waals surface area contributed by atoms with Gasteiger partial charge in [-0.2, -0.15) is 0 Å². The third-order valence-electron chi connectivity index (χ3n) is 5.71. The molecule has 0 aromatic carbocycles. The number of piperidine rings is 1. The SMILES string of the molecule is CCCN(CC1CCNCC1)C1CCOC2(CCC2)C1. The van der Waals surface area contributed by atoms with Gasteiger partial charge in [-0.25, -0.2) is 0 Å². The molecule has 2 saturated heterocycles. The first-order valence-electron chi connectivity index (χ1n) is 8.90. The Hall–Kier alpha value is -0.120. The quantitative estimate of drug-likeness (QED) is 0.838. The van der Waals surface area contributed by atoms with Crippen molar-refractivity contribution in [2.45, 2.75) is 69.9 Å². The molecular weight excluding hydrogens is 248 g/mol. The summed E-state index contributed by atoms with van der Waals surface area (Å²) in [5.74, 6) is 0.919. The molecular formula is C17H32N2O. The van der Waals surface area contributed by atoms with E-state index in [1.165, 1.54) is 77.5 Å². The van der Waals surface area contributed by atoms with E-state index in [2.05, 4.69) is 17.1 Å². The van der Waals surface area contributed by atoms with Crippen LogP contribution in [0.2, 0.25) is 0 Å². The molecule has 3 rings (SSSR count). The minimum Gasteiger partial charge on any atom is -0.375 e. The van der Waals surface area contributed by atoms with Crippen molar-refractivity contribution in [3.8, 4) is 0 Å². The Balaban J connectivity index is 1.57. The van der Waals surface area contributed by atoms with Crippen LogP contribution in [0.3, 0.4) is 0 Å². The number of hydrogen-bond donors (Lipinski definition) is 1. The number of hydrogen-bond acceptors (Lipinski definition) is 3. The molecule has 1 saturated carbocycles. The molecule has 2 aliphatic heterocycles. The molecule has 0 aromatic rings. The van der Waals surface area contributed by atoms with Gasteiger partial charge in [0, 0.05) is 19.2 Å². The molecule has 1 atom stereocenters. The molecule has 2 heterocycles. The fourth-order valence-electron chi connectivity index (χ4n) is 4.34. The predicted molar refractivity (Wildman–Crippen MR) is 83.0 cm³/mol. The number of rotatable bonds is 5. The van der Waals surface area contributed by atoms with Gasteiger partial charge in [0.1, 0.15) is 0 Å². The van der Waals surface area contributed by atoms with Crippen molar-refractivity contribution in [2.75, 3.05) is 32.8 Å². The molecule has 0 aromatic heterocycles. The van der Waals surface area contributed by atoms with Gasteiger partial charge in [0.05, 0.1) is 5.60 Å². The van der Waals surface area contributed by atoms with Crippen LogP contribution >= 0.6 is 0 Å². The average molecular weight is 280 g/mol. The highest BCUT2D eigenvalue weighted by atomic mass is 16.5. The Bertz CT molecular complexity index is 297. The fraction of sp³-hybridized carbons (Fsp3) is 1.00. The molecule has 0 bridgehead atoms. The largest absolute Gasteiger partial charge is 0.375 e. The van der Waals surface area contributed by atoms with Crippen LogP contribution in [0, 0.1) is 5.92 Å². The first kappa shape index (κ1) is 14.8. The number of nitrogens with one attached hydrogen (secondary N) is 1. The molecule has 1 unspecified atom stereocenters. The Labute approximate surface area is 124 Å². The molecule has 0 amide bonds.